The highest BCUT2D eigenvalue weighted by Crippen LogP contribution is 2.32. The van der Waals surface area contributed by atoms with Crippen LogP contribution in [0.2, 0.25) is 0 Å². The topological polar surface area (TPSA) is 115 Å². The van der Waals surface area contributed by atoms with Crippen molar-refractivity contribution in [1.29, 1.82) is 0 Å². The van der Waals surface area contributed by atoms with Gasteiger partial charge in [-0.2, -0.15) is 0 Å². The molecule has 0 bridgehead atoms. The van der Waals surface area contributed by atoms with Crippen molar-refractivity contribution in [2.24, 2.45) is 0 Å². The summed E-state index contributed by atoms with van der Waals surface area (Å²) in [6.45, 7) is 8.16. The molecule has 0 aliphatic heterocycles. The fourth-order valence-corrected chi connectivity index (χ4v) is 4.85. The number of rotatable bonds is 12. The van der Waals surface area contributed by atoms with E-state index in [-0.39, 0.29) is 30.3 Å². The summed E-state index contributed by atoms with van der Waals surface area (Å²) in [5.41, 5.74) is 0.783. The number of ether oxygens (including phenoxy) is 1. The lowest BCUT2D eigenvalue weighted by atomic mass is 9.94. The lowest BCUT2D eigenvalue weighted by Crippen LogP contribution is -2.14. The van der Waals surface area contributed by atoms with E-state index in [0.29, 0.717) is 35.4 Å². The zero-order valence-electron chi connectivity index (χ0n) is 20.4. The van der Waals surface area contributed by atoms with E-state index >= 15 is 0 Å². The number of carbonyl (C=O) groups excluding carboxylic acids is 1. The molecule has 1 aromatic carbocycles. The molecule has 0 aliphatic rings. The minimum atomic E-state index is -0.798. The Hall–Kier alpha value is -2.85. The number of amides is 1. The zero-order valence-corrected chi connectivity index (χ0v) is 22.0. The molecule has 1 amide bonds. The number of nitrogens with zero attached hydrogens (tertiary/aromatic N) is 2. The number of hydrogen-bond acceptors (Lipinski definition) is 8. The predicted octanol–water partition coefficient (Wildman–Crippen LogP) is 5.92. The SMILES string of the molecule is CC(CCCC(=O)O)Oc1ccc(CC(=O)Nc2ncc(SCc3ncc(C(C)(C)C)o3)s2)cc1. The lowest BCUT2D eigenvalue weighted by Gasteiger charge is -2.14. The van der Waals surface area contributed by atoms with Crippen molar-refractivity contribution in [3.05, 3.63) is 53.9 Å². The summed E-state index contributed by atoms with van der Waals surface area (Å²) < 4.78 is 12.6. The molecule has 8 nitrogen and oxygen atoms in total. The highest BCUT2D eigenvalue weighted by atomic mass is 32.2. The molecule has 0 spiro atoms. The minimum Gasteiger partial charge on any atom is -0.491 e. The molecular weight excluding hydrogens is 486 g/mol. The second kappa shape index (κ2) is 12.2. The molecular formula is C25H31N3O5S2. The first kappa shape index (κ1) is 26.7. The van der Waals surface area contributed by atoms with E-state index < -0.39 is 5.97 Å². The summed E-state index contributed by atoms with van der Waals surface area (Å²) in [4.78, 5) is 31.7. The molecule has 2 N–H and O–H groups in total. The molecule has 1 unspecified atom stereocenters. The van der Waals surface area contributed by atoms with Crippen LogP contribution in [0.4, 0.5) is 5.13 Å². The van der Waals surface area contributed by atoms with Crippen molar-refractivity contribution >= 4 is 40.1 Å². The van der Waals surface area contributed by atoms with Crippen LogP contribution in [-0.4, -0.2) is 33.1 Å². The van der Waals surface area contributed by atoms with E-state index in [1.807, 2.05) is 31.2 Å². The van der Waals surface area contributed by atoms with Crippen LogP contribution < -0.4 is 10.1 Å². The number of carboxylic acid groups (broad SMARTS) is 1. The fraction of sp³-hybridized carbons (Fsp3) is 0.440. The number of benzene rings is 1. The van der Waals surface area contributed by atoms with E-state index in [0.717, 1.165) is 15.5 Å². The summed E-state index contributed by atoms with van der Waals surface area (Å²) in [6, 6.07) is 7.35. The number of hydrogen-bond donors (Lipinski definition) is 2. The van der Waals surface area contributed by atoms with Gasteiger partial charge in [0.15, 0.2) is 5.13 Å². The number of aliphatic carboxylic acids is 1. The average Bonchev–Trinajstić information content (AvgIpc) is 3.43. The Morgan fingerprint density at radius 2 is 1.94 bits per heavy atom. The standard InChI is InChI=1S/C25H31N3O5S2/c1-16(6-5-7-22(30)31)32-18-10-8-17(9-11-18)12-20(29)28-24-27-14-23(35-24)34-15-21-26-13-19(33-21)25(2,3)4/h8-11,13-14,16H,5-7,12,15H2,1-4H3,(H,30,31)(H,27,28,29). The number of thioether (sulfide) groups is 1. The van der Waals surface area contributed by atoms with Gasteiger partial charge in [0.05, 0.1) is 34.9 Å². The zero-order chi connectivity index (χ0) is 25.4. The molecule has 2 aromatic heterocycles. The van der Waals surface area contributed by atoms with Crippen LogP contribution in [0.1, 0.15) is 64.2 Å². The van der Waals surface area contributed by atoms with Crippen LogP contribution in [0.25, 0.3) is 0 Å². The molecule has 10 heteroatoms. The second-order valence-corrected chi connectivity index (χ2v) is 11.5. The highest BCUT2D eigenvalue weighted by Gasteiger charge is 2.19. The first-order valence-corrected chi connectivity index (χ1v) is 13.2. The van der Waals surface area contributed by atoms with Gasteiger partial charge in [-0.3, -0.25) is 9.59 Å². The molecule has 0 saturated heterocycles. The van der Waals surface area contributed by atoms with E-state index in [1.165, 1.54) is 11.3 Å². The fourth-order valence-electron chi connectivity index (χ4n) is 3.11. The van der Waals surface area contributed by atoms with Gasteiger partial charge < -0.3 is 19.6 Å². The van der Waals surface area contributed by atoms with Crippen molar-refractivity contribution < 1.29 is 23.8 Å². The van der Waals surface area contributed by atoms with Crippen LogP contribution in [0.15, 0.2) is 45.3 Å². The number of anilines is 1. The van der Waals surface area contributed by atoms with Crippen molar-refractivity contribution in [2.45, 2.75) is 74.9 Å². The lowest BCUT2D eigenvalue weighted by molar-refractivity contribution is -0.137. The molecule has 0 radical (unpaired) electrons. The first-order valence-electron chi connectivity index (χ1n) is 11.4. The van der Waals surface area contributed by atoms with Crippen LogP contribution in [0.3, 0.4) is 0 Å². The Balaban J connectivity index is 1.42. The van der Waals surface area contributed by atoms with Gasteiger partial charge >= 0.3 is 5.97 Å². The van der Waals surface area contributed by atoms with Gasteiger partial charge in [-0.05, 0) is 37.5 Å². The third-order valence-corrected chi connectivity index (χ3v) is 7.08. The molecule has 0 fully saturated rings. The number of carbonyl (C=O) groups is 2. The second-order valence-electron chi connectivity index (χ2n) is 9.22. The Kier molecular flexibility index (Phi) is 9.33. The summed E-state index contributed by atoms with van der Waals surface area (Å²) in [6.07, 6.45) is 5.04. The molecule has 1 atom stereocenters. The van der Waals surface area contributed by atoms with E-state index in [2.05, 4.69) is 36.1 Å². The number of oxazole rings is 1. The quantitative estimate of drug-likeness (QED) is 0.284. The van der Waals surface area contributed by atoms with Gasteiger partial charge in [-0.15, -0.1) is 11.8 Å². The number of aromatic nitrogens is 2. The predicted molar refractivity (Wildman–Crippen MR) is 137 cm³/mol. The van der Waals surface area contributed by atoms with E-state index in [1.54, 1.807) is 24.2 Å². The van der Waals surface area contributed by atoms with E-state index in [4.69, 9.17) is 14.3 Å². The monoisotopic (exact) mass is 517 g/mol. The maximum absolute atomic E-state index is 12.4. The Morgan fingerprint density at radius 1 is 1.20 bits per heavy atom. The molecule has 3 rings (SSSR count). The largest absolute Gasteiger partial charge is 0.491 e. The van der Waals surface area contributed by atoms with Gasteiger partial charge in [0.1, 0.15) is 11.5 Å². The smallest absolute Gasteiger partial charge is 0.303 e. The minimum absolute atomic E-state index is 0.0764. The Labute approximate surface area is 213 Å². The Morgan fingerprint density at radius 3 is 2.60 bits per heavy atom. The van der Waals surface area contributed by atoms with Crippen molar-refractivity contribution in [3.8, 4) is 5.75 Å². The maximum Gasteiger partial charge on any atom is 0.303 e. The van der Waals surface area contributed by atoms with Crippen LogP contribution in [0, 0.1) is 0 Å². The summed E-state index contributed by atoms with van der Waals surface area (Å²) in [5.74, 6) is 1.87. The number of carboxylic acids is 1. The first-order chi connectivity index (χ1) is 16.6. The molecule has 188 valence electrons. The van der Waals surface area contributed by atoms with Crippen LogP contribution in [0.5, 0.6) is 5.75 Å². The molecule has 3 aromatic rings. The van der Waals surface area contributed by atoms with Crippen molar-refractivity contribution in [2.75, 3.05) is 5.32 Å². The molecule has 0 aliphatic carbocycles. The van der Waals surface area contributed by atoms with Gasteiger partial charge in [0.2, 0.25) is 11.8 Å². The van der Waals surface area contributed by atoms with Gasteiger partial charge in [0.25, 0.3) is 0 Å². The molecule has 0 saturated carbocycles. The summed E-state index contributed by atoms with van der Waals surface area (Å²) >= 11 is 2.98. The molecule has 2 heterocycles. The Bertz CT molecular complexity index is 1120. The van der Waals surface area contributed by atoms with Gasteiger partial charge in [-0.25, -0.2) is 9.97 Å². The van der Waals surface area contributed by atoms with Gasteiger partial charge in [-0.1, -0.05) is 44.2 Å². The third-order valence-electron chi connectivity index (χ3n) is 4.99. The number of nitrogens with one attached hydrogen (secondary N) is 1. The van der Waals surface area contributed by atoms with Crippen molar-refractivity contribution in [3.63, 3.8) is 0 Å². The summed E-state index contributed by atoms with van der Waals surface area (Å²) in [5, 5.41) is 12.1. The van der Waals surface area contributed by atoms with Crippen LogP contribution >= 0.6 is 23.1 Å². The third kappa shape index (κ3) is 9.03. The maximum atomic E-state index is 12.4. The highest BCUT2D eigenvalue weighted by molar-refractivity contribution is 8.00. The number of thiazole rings is 1. The van der Waals surface area contributed by atoms with Crippen molar-refractivity contribution in [1.82, 2.24) is 9.97 Å². The normalized spacial score (nSPS) is 12.3. The van der Waals surface area contributed by atoms with Gasteiger partial charge in [0, 0.05) is 11.8 Å². The average molecular weight is 518 g/mol. The molecule has 35 heavy (non-hydrogen) atoms. The van der Waals surface area contributed by atoms with Crippen LogP contribution in [-0.2, 0) is 27.2 Å². The van der Waals surface area contributed by atoms with E-state index in [9.17, 15) is 9.59 Å². The summed E-state index contributed by atoms with van der Waals surface area (Å²) in [7, 11) is 0.